The molecule has 31 heavy (non-hydrogen) atoms. The summed E-state index contributed by atoms with van der Waals surface area (Å²) in [6.45, 7) is 3.89. The summed E-state index contributed by atoms with van der Waals surface area (Å²) in [7, 11) is 1.55. The average Bonchev–Trinajstić information content (AvgIpc) is 2.80. The van der Waals surface area contributed by atoms with E-state index >= 15 is 0 Å². The fourth-order valence-electron chi connectivity index (χ4n) is 3.61. The molecule has 0 bridgehead atoms. The number of nitrogens with one attached hydrogen (secondary N) is 1. The summed E-state index contributed by atoms with van der Waals surface area (Å²) in [6.07, 6.45) is 1.11. The Balaban J connectivity index is 1.68. The molecule has 1 heterocycles. The molecule has 1 aliphatic rings. The van der Waals surface area contributed by atoms with Crippen LogP contribution >= 0.6 is 0 Å². The molecule has 4 rings (SSSR count). The van der Waals surface area contributed by atoms with E-state index in [2.05, 4.69) is 11.9 Å². The Morgan fingerprint density at radius 1 is 1.03 bits per heavy atom. The van der Waals surface area contributed by atoms with E-state index < -0.39 is 5.97 Å². The third-order valence-corrected chi connectivity index (χ3v) is 5.07. The molecule has 7 nitrogen and oxygen atoms in total. The van der Waals surface area contributed by atoms with Gasteiger partial charge in [0.15, 0.2) is 0 Å². The highest BCUT2D eigenvalue weighted by Crippen LogP contribution is 2.36. The van der Waals surface area contributed by atoms with Crippen LogP contribution in [0.15, 0.2) is 67.3 Å². The number of ether oxygens (including phenoxy) is 2. The summed E-state index contributed by atoms with van der Waals surface area (Å²) in [5.74, 6) is -0.623. The van der Waals surface area contributed by atoms with Gasteiger partial charge in [-0.3, -0.25) is 9.59 Å². The molecule has 0 fully saturated rings. The van der Waals surface area contributed by atoms with E-state index in [1.54, 1.807) is 55.6 Å². The van der Waals surface area contributed by atoms with Gasteiger partial charge in [-0.25, -0.2) is 9.69 Å². The number of rotatable bonds is 7. The standard InChI is InChI=1S/C24H20N2O5/c1-3-21(27)31-14-13-25-20-12-11-19-22-17(20)5-4-6-18(22)23(28)26(24(19)29)15-7-9-16(30-2)10-8-15/h3-12,25H,1,13-14H2,2H3. The number of anilines is 2. The lowest BCUT2D eigenvalue weighted by molar-refractivity contribution is -0.137. The molecule has 0 spiro atoms. The van der Waals surface area contributed by atoms with E-state index in [0.29, 0.717) is 34.5 Å². The number of benzene rings is 3. The third kappa shape index (κ3) is 3.61. The zero-order valence-corrected chi connectivity index (χ0v) is 16.9. The minimum Gasteiger partial charge on any atom is -0.497 e. The highest BCUT2D eigenvalue weighted by Gasteiger charge is 2.34. The first kappa shape index (κ1) is 20.2. The molecule has 7 heteroatoms. The molecule has 0 radical (unpaired) electrons. The zero-order chi connectivity index (χ0) is 22.0. The van der Waals surface area contributed by atoms with Gasteiger partial charge in [0.25, 0.3) is 11.8 Å². The van der Waals surface area contributed by atoms with Crippen molar-refractivity contribution < 1.29 is 23.9 Å². The summed E-state index contributed by atoms with van der Waals surface area (Å²) in [4.78, 5) is 38.8. The van der Waals surface area contributed by atoms with Crippen molar-refractivity contribution in [1.29, 1.82) is 0 Å². The van der Waals surface area contributed by atoms with Crippen LogP contribution in [0, 0.1) is 0 Å². The number of carbonyl (C=O) groups is 3. The highest BCUT2D eigenvalue weighted by atomic mass is 16.5. The molecule has 3 aromatic rings. The molecule has 0 atom stereocenters. The minimum absolute atomic E-state index is 0.164. The number of imide groups is 1. The van der Waals surface area contributed by atoms with Gasteiger partial charge in [0.1, 0.15) is 12.4 Å². The highest BCUT2D eigenvalue weighted by molar-refractivity contribution is 6.36. The van der Waals surface area contributed by atoms with Crippen molar-refractivity contribution >= 4 is 39.9 Å². The fourth-order valence-corrected chi connectivity index (χ4v) is 3.61. The van der Waals surface area contributed by atoms with Gasteiger partial charge in [0.05, 0.1) is 12.8 Å². The topological polar surface area (TPSA) is 84.9 Å². The van der Waals surface area contributed by atoms with Gasteiger partial charge in [-0.05, 0) is 42.5 Å². The fraction of sp³-hybridized carbons (Fsp3) is 0.125. The minimum atomic E-state index is -0.492. The van der Waals surface area contributed by atoms with Crippen molar-refractivity contribution in [3.63, 3.8) is 0 Å². The Bertz CT molecular complexity index is 1180. The van der Waals surface area contributed by atoms with E-state index in [1.807, 2.05) is 6.07 Å². The van der Waals surface area contributed by atoms with Crippen molar-refractivity contribution in [3.8, 4) is 5.75 Å². The van der Waals surface area contributed by atoms with Gasteiger partial charge in [-0.2, -0.15) is 0 Å². The Labute approximate surface area is 178 Å². The van der Waals surface area contributed by atoms with Crippen molar-refractivity contribution in [1.82, 2.24) is 0 Å². The van der Waals surface area contributed by atoms with Crippen LogP contribution in [0.4, 0.5) is 11.4 Å². The number of esters is 1. The molecule has 2 amide bonds. The summed E-state index contributed by atoms with van der Waals surface area (Å²) in [5.41, 5.74) is 2.12. The van der Waals surface area contributed by atoms with Crippen molar-refractivity contribution in [2.45, 2.75) is 0 Å². The van der Waals surface area contributed by atoms with Crippen LogP contribution in [-0.2, 0) is 9.53 Å². The number of carbonyl (C=O) groups excluding carboxylic acids is 3. The van der Waals surface area contributed by atoms with Gasteiger partial charge in [0.2, 0.25) is 0 Å². The quantitative estimate of drug-likeness (QED) is 0.273. The van der Waals surface area contributed by atoms with E-state index in [-0.39, 0.29) is 18.4 Å². The van der Waals surface area contributed by atoms with E-state index in [9.17, 15) is 14.4 Å². The Hall–Kier alpha value is -4.13. The molecule has 3 aromatic carbocycles. The molecule has 1 N–H and O–H groups in total. The number of amides is 2. The second-order valence-corrected chi connectivity index (χ2v) is 6.83. The maximum absolute atomic E-state index is 13.2. The van der Waals surface area contributed by atoms with Gasteiger partial charge in [0, 0.05) is 40.2 Å². The SMILES string of the molecule is C=CC(=O)OCCNc1ccc2c3c(cccc13)C(=O)N(c1ccc(OC)cc1)C2=O. The Morgan fingerprint density at radius 3 is 2.42 bits per heavy atom. The molecule has 0 saturated carbocycles. The first-order valence-electron chi connectivity index (χ1n) is 9.66. The van der Waals surface area contributed by atoms with Crippen molar-refractivity contribution in [3.05, 3.63) is 78.4 Å². The maximum atomic E-state index is 13.2. The number of methoxy groups -OCH3 is 1. The van der Waals surface area contributed by atoms with Crippen molar-refractivity contribution in [2.75, 3.05) is 30.5 Å². The largest absolute Gasteiger partial charge is 0.497 e. The number of nitrogens with zero attached hydrogens (tertiary/aromatic N) is 1. The van der Waals surface area contributed by atoms with Crippen LogP contribution < -0.4 is 15.0 Å². The van der Waals surface area contributed by atoms with Crippen LogP contribution in [-0.4, -0.2) is 38.0 Å². The average molecular weight is 416 g/mol. The summed E-state index contributed by atoms with van der Waals surface area (Å²) >= 11 is 0. The normalized spacial score (nSPS) is 12.6. The predicted octanol–water partition coefficient (Wildman–Crippen LogP) is 3.79. The smallest absolute Gasteiger partial charge is 0.330 e. The molecule has 0 unspecified atom stereocenters. The van der Waals surface area contributed by atoms with E-state index in [1.165, 1.54) is 4.90 Å². The molecular formula is C24H20N2O5. The van der Waals surface area contributed by atoms with Gasteiger partial charge in [-0.1, -0.05) is 18.7 Å². The lowest BCUT2D eigenvalue weighted by atomic mass is 9.92. The summed E-state index contributed by atoms with van der Waals surface area (Å²) in [6, 6.07) is 15.6. The lowest BCUT2D eigenvalue weighted by Gasteiger charge is -2.28. The first-order chi connectivity index (χ1) is 15.0. The van der Waals surface area contributed by atoms with Gasteiger partial charge >= 0.3 is 5.97 Å². The Morgan fingerprint density at radius 2 is 1.74 bits per heavy atom. The zero-order valence-electron chi connectivity index (χ0n) is 16.9. The third-order valence-electron chi connectivity index (χ3n) is 5.07. The van der Waals surface area contributed by atoms with Gasteiger partial charge in [-0.15, -0.1) is 0 Å². The van der Waals surface area contributed by atoms with Crippen molar-refractivity contribution in [2.24, 2.45) is 0 Å². The monoisotopic (exact) mass is 416 g/mol. The summed E-state index contributed by atoms with van der Waals surface area (Å²) in [5, 5.41) is 4.55. The van der Waals surface area contributed by atoms with Crippen LogP contribution in [0.25, 0.3) is 10.8 Å². The second kappa shape index (κ2) is 8.31. The van der Waals surface area contributed by atoms with Crippen LogP contribution in [0.3, 0.4) is 0 Å². The second-order valence-electron chi connectivity index (χ2n) is 6.83. The van der Waals surface area contributed by atoms with E-state index in [4.69, 9.17) is 9.47 Å². The van der Waals surface area contributed by atoms with Crippen LogP contribution in [0.1, 0.15) is 20.7 Å². The molecule has 156 valence electrons. The Kier molecular flexibility index (Phi) is 5.41. The number of hydrogen-bond donors (Lipinski definition) is 1. The summed E-state index contributed by atoms with van der Waals surface area (Å²) < 4.78 is 10.1. The molecule has 0 aliphatic carbocycles. The predicted molar refractivity (Wildman–Crippen MR) is 118 cm³/mol. The van der Waals surface area contributed by atoms with Gasteiger partial charge < -0.3 is 14.8 Å². The van der Waals surface area contributed by atoms with Crippen LogP contribution in [0.2, 0.25) is 0 Å². The maximum Gasteiger partial charge on any atom is 0.330 e. The first-order valence-corrected chi connectivity index (χ1v) is 9.66. The molecular weight excluding hydrogens is 396 g/mol. The van der Waals surface area contributed by atoms with Crippen LogP contribution in [0.5, 0.6) is 5.75 Å². The molecule has 0 saturated heterocycles. The lowest BCUT2D eigenvalue weighted by Crippen LogP contribution is -2.40. The molecule has 0 aromatic heterocycles. The molecule has 1 aliphatic heterocycles. The number of hydrogen-bond acceptors (Lipinski definition) is 6. The van der Waals surface area contributed by atoms with E-state index in [0.717, 1.165) is 17.1 Å².